The Morgan fingerprint density at radius 3 is 2.83 bits per heavy atom. The molecule has 0 spiro atoms. The molecule has 1 aromatic heterocycles. The first-order valence-electron chi connectivity index (χ1n) is 5.47. The molecule has 0 bridgehead atoms. The first-order valence-corrected chi connectivity index (χ1v) is 8.62. The lowest BCUT2D eigenvalue weighted by Crippen LogP contribution is -2.49. The molecule has 8 heteroatoms. The van der Waals surface area contributed by atoms with Gasteiger partial charge in [-0.1, -0.05) is 6.92 Å². The summed E-state index contributed by atoms with van der Waals surface area (Å²) in [5.41, 5.74) is 0. The highest BCUT2D eigenvalue weighted by molar-refractivity contribution is 9.10. The van der Waals surface area contributed by atoms with Gasteiger partial charge in [-0.3, -0.25) is 0 Å². The molecule has 0 aromatic carbocycles. The Labute approximate surface area is 126 Å². The van der Waals surface area contributed by atoms with Crippen LogP contribution in [0.25, 0.3) is 0 Å². The van der Waals surface area contributed by atoms with Crippen molar-refractivity contribution in [2.75, 3.05) is 13.1 Å². The van der Waals surface area contributed by atoms with Crippen molar-refractivity contribution >= 4 is 49.7 Å². The maximum Gasteiger partial charge on any atom is 0.251 e. The first-order chi connectivity index (χ1) is 8.00. The van der Waals surface area contributed by atoms with Crippen LogP contribution in [0.3, 0.4) is 0 Å². The molecule has 2 unspecified atom stereocenters. The summed E-state index contributed by atoms with van der Waals surface area (Å²) >= 11 is 4.49. The maximum absolute atomic E-state index is 12.2. The van der Waals surface area contributed by atoms with Crippen LogP contribution in [0.4, 0.5) is 0 Å². The fourth-order valence-electron chi connectivity index (χ4n) is 1.87. The largest absolute Gasteiger partial charge is 0.315 e. The molecule has 1 fully saturated rings. The van der Waals surface area contributed by atoms with E-state index in [9.17, 15) is 8.42 Å². The fourth-order valence-corrected chi connectivity index (χ4v) is 5.57. The number of piperidine rings is 1. The van der Waals surface area contributed by atoms with Crippen LogP contribution in [0.15, 0.2) is 20.1 Å². The van der Waals surface area contributed by atoms with Crippen molar-refractivity contribution in [2.45, 2.75) is 23.6 Å². The van der Waals surface area contributed by atoms with Crippen LogP contribution in [0.1, 0.15) is 13.3 Å². The predicted molar refractivity (Wildman–Crippen MR) is 80.0 cm³/mol. The zero-order valence-electron chi connectivity index (χ0n) is 9.85. The molecular weight excluding hydrogens is 360 g/mol. The summed E-state index contributed by atoms with van der Waals surface area (Å²) < 4.78 is 28.1. The van der Waals surface area contributed by atoms with E-state index in [1.807, 2.05) is 0 Å². The van der Waals surface area contributed by atoms with Gasteiger partial charge in [0.15, 0.2) is 0 Å². The number of halogens is 2. The molecule has 18 heavy (non-hydrogen) atoms. The van der Waals surface area contributed by atoms with E-state index in [1.54, 1.807) is 11.4 Å². The van der Waals surface area contributed by atoms with Gasteiger partial charge in [0.1, 0.15) is 4.21 Å². The molecule has 104 valence electrons. The van der Waals surface area contributed by atoms with Crippen LogP contribution >= 0.6 is 39.7 Å². The lowest BCUT2D eigenvalue weighted by molar-refractivity contribution is 0.327. The van der Waals surface area contributed by atoms with Crippen molar-refractivity contribution in [2.24, 2.45) is 5.92 Å². The van der Waals surface area contributed by atoms with E-state index in [-0.39, 0.29) is 18.4 Å². The molecule has 0 saturated carbocycles. The summed E-state index contributed by atoms with van der Waals surface area (Å²) in [4.78, 5) is 0. The lowest BCUT2D eigenvalue weighted by Gasteiger charge is -2.29. The molecule has 2 rings (SSSR count). The molecule has 4 nitrogen and oxygen atoms in total. The van der Waals surface area contributed by atoms with Gasteiger partial charge in [-0.05, 0) is 46.3 Å². The SMILES string of the molecule is CC1CCNCC1NS(=O)(=O)c1sccc1Br.Cl. The normalized spacial score (nSPS) is 24.6. The second kappa shape index (κ2) is 6.67. The molecule has 1 aromatic rings. The number of thiophene rings is 1. The Balaban J connectivity index is 0.00000162. The van der Waals surface area contributed by atoms with Gasteiger partial charge < -0.3 is 5.32 Å². The minimum Gasteiger partial charge on any atom is -0.315 e. The van der Waals surface area contributed by atoms with Crippen molar-refractivity contribution < 1.29 is 8.42 Å². The highest BCUT2D eigenvalue weighted by atomic mass is 79.9. The third-order valence-electron chi connectivity index (χ3n) is 2.96. The quantitative estimate of drug-likeness (QED) is 0.851. The number of nitrogens with one attached hydrogen (secondary N) is 2. The maximum atomic E-state index is 12.2. The Morgan fingerprint density at radius 2 is 2.28 bits per heavy atom. The van der Waals surface area contributed by atoms with Gasteiger partial charge in [0, 0.05) is 17.1 Å². The molecule has 2 heterocycles. The van der Waals surface area contributed by atoms with Gasteiger partial charge in [-0.15, -0.1) is 23.7 Å². The molecule has 1 aliphatic heterocycles. The highest BCUT2D eigenvalue weighted by Crippen LogP contribution is 2.28. The monoisotopic (exact) mass is 374 g/mol. The Kier molecular flexibility index (Phi) is 6.08. The average Bonchev–Trinajstić information content (AvgIpc) is 2.68. The Morgan fingerprint density at radius 1 is 1.56 bits per heavy atom. The summed E-state index contributed by atoms with van der Waals surface area (Å²) in [5, 5.41) is 4.98. The third kappa shape index (κ3) is 3.68. The topological polar surface area (TPSA) is 58.2 Å². The molecular formula is C10H16BrClN2O2S2. The first kappa shape index (κ1) is 16.4. The average molecular weight is 376 g/mol. The van der Waals surface area contributed by atoms with Crippen molar-refractivity contribution in [1.82, 2.24) is 10.0 Å². The van der Waals surface area contributed by atoms with Gasteiger partial charge >= 0.3 is 0 Å². The van der Waals surface area contributed by atoms with E-state index in [1.165, 1.54) is 11.3 Å². The Bertz CT molecular complexity index is 492. The summed E-state index contributed by atoms with van der Waals surface area (Å²) in [7, 11) is -3.40. The standard InChI is InChI=1S/C10H15BrN2O2S2.ClH/c1-7-2-4-12-6-9(7)13-17(14,15)10-8(11)3-5-16-10;/h3,5,7,9,12-13H,2,4,6H2,1H3;1H. The van der Waals surface area contributed by atoms with Crippen LogP contribution in [-0.4, -0.2) is 27.5 Å². The summed E-state index contributed by atoms with van der Waals surface area (Å²) in [6.45, 7) is 3.74. The number of hydrogen-bond acceptors (Lipinski definition) is 4. The van der Waals surface area contributed by atoms with Gasteiger partial charge in [0.2, 0.25) is 0 Å². The van der Waals surface area contributed by atoms with E-state index in [0.29, 0.717) is 21.1 Å². The number of hydrogen-bond donors (Lipinski definition) is 2. The summed E-state index contributed by atoms with van der Waals surface area (Å²) in [6.07, 6.45) is 0.999. The van der Waals surface area contributed by atoms with Gasteiger partial charge in [0.25, 0.3) is 10.0 Å². The fraction of sp³-hybridized carbons (Fsp3) is 0.600. The molecule has 1 aliphatic rings. The second-order valence-electron chi connectivity index (χ2n) is 4.25. The van der Waals surface area contributed by atoms with Crippen LogP contribution in [-0.2, 0) is 10.0 Å². The van der Waals surface area contributed by atoms with Gasteiger partial charge in [-0.25, -0.2) is 13.1 Å². The van der Waals surface area contributed by atoms with E-state index >= 15 is 0 Å². The zero-order valence-corrected chi connectivity index (χ0v) is 13.9. The molecule has 1 saturated heterocycles. The smallest absolute Gasteiger partial charge is 0.251 e. The molecule has 0 aliphatic carbocycles. The van der Waals surface area contributed by atoms with E-state index in [2.05, 4.69) is 32.9 Å². The summed E-state index contributed by atoms with van der Waals surface area (Å²) in [6, 6.07) is 1.73. The van der Waals surface area contributed by atoms with Crippen LogP contribution in [0, 0.1) is 5.92 Å². The van der Waals surface area contributed by atoms with E-state index < -0.39 is 10.0 Å². The van der Waals surface area contributed by atoms with Crippen molar-refractivity contribution in [3.05, 3.63) is 15.9 Å². The molecule has 0 amide bonds. The highest BCUT2D eigenvalue weighted by Gasteiger charge is 2.28. The predicted octanol–water partition coefficient (Wildman–Crippen LogP) is 2.21. The minimum absolute atomic E-state index is 0. The number of rotatable bonds is 3. The van der Waals surface area contributed by atoms with Gasteiger partial charge in [-0.2, -0.15) is 0 Å². The minimum atomic E-state index is -3.40. The van der Waals surface area contributed by atoms with E-state index in [4.69, 9.17) is 0 Å². The molecule has 2 N–H and O–H groups in total. The van der Waals surface area contributed by atoms with Crippen LogP contribution in [0.5, 0.6) is 0 Å². The van der Waals surface area contributed by atoms with Crippen molar-refractivity contribution in [1.29, 1.82) is 0 Å². The van der Waals surface area contributed by atoms with Crippen molar-refractivity contribution in [3.8, 4) is 0 Å². The summed E-state index contributed by atoms with van der Waals surface area (Å²) in [5.74, 6) is 0.366. The van der Waals surface area contributed by atoms with E-state index in [0.717, 1.165) is 13.0 Å². The third-order valence-corrected chi connectivity index (χ3v) is 7.12. The van der Waals surface area contributed by atoms with Crippen LogP contribution < -0.4 is 10.0 Å². The lowest BCUT2D eigenvalue weighted by atomic mass is 9.96. The zero-order chi connectivity index (χ0) is 12.5. The Hall–Kier alpha value is 0.340. The second-order valence-corrected chi connectivity index (χ2v) is 7.93. The molecule has 2 atom stereocenters. The van der Waals surface area contributed by atoms with Gasteiger partial charge in [0.05, 0.1) is 0 Å². The number of sulfonamides is 1. The molecule has 0 radical (unpaired) electrons. The van der Waals surface area contributed by atoms with Crippen molar-refractivity contribution in [3.63, 3.8) is 0 Å². The van der Waals surface area contributed by atoms with Crippen LogP contribution in [0.2, 0.25) is 0 Å².